The minimum atomic E-state index is -0.151. The molecule has 2 rings (SSSR count). The first-order chi connectivity index (χ1) is 6.27. The maximum Gasteiger partial charge on any atom is 0.123 e. The zero-order chi connectivity index (χ0) is 9.26. The molecule has 0 saturated carbocycles. The van der Waals surface area contributed by atoms with E-state index in [9.17, 15) is 4.39 Å². The molecular formula is C11H14FN. The van der Waals surface area contributed by atoms with Crippen LogP contribution in [0.25, 0.3) is 0 Å². The number of nitrogens with one attached hydrogen (secondary N) is 1. The molecule has 2 heteroatoms. The SMILES string of the molecule is C[C@@H]1CNCC1c1ccc(F)cc1. The standard InChI is InChI=1S/C11H14FN/c1-8-6-13-7-11(8)9-2-4-10(12)5-3-9/h2-5,8,11,13H,6-7H2,1H3/t8-,11?/m1/s1. The Labute approximate surface area is 78.0 Å². The van der Waals surface area contributed by atoms with Crippen molar-refractivity contribution in [1.29, 1.82) is 0 Å². The summed E-state index contributed by atoms with van der Waals surface area (Å²) in [7, 11) is 0. The Bertz CT molecular complexity index is 281. The van der Waals surface area contributed by atoms with Crippen LogP contribution in [-0.4, -0.2) is 13.1 Å². The van der Waals surface area contributed by atoms with E-state index < -0.39 is 0 Å². The topological polar surface area (TPSA) is 12.0 Å². The number of hydrogen-bond acceptors (Lipinski definition) is 1. The van der Waals surface area contributed by atoms with Gasteiger partial charge >= 0.3 is 0 Å². The minimum absolute atomic E-state index is 0.151. The summed E-state index contributed by atoms with van der Waals surface area (Å²) in [6.07, 6.45) is 0. The van der Waals surface area contributed by atoms with Crippen molar-refractivity contribution in [3.05, 3.63) is 35.6 Å². The second kappa shape index (κ2) is 3.46. The lowest BCUT2D eigenvalue weighted by Crippen LogP contribution is -2.07. The van der Waals surface area contributed by atoms with E-state index in [0.29, 0.717) is 11.8 Å². The Morgan fingerprint density at radius 2 is 1.92 bits per heavy atom. The Morgan fingerprint density at radius 1 is 1.23 bits per heavy atom. The molecule has 1 aliphatic heterocycles. The second-order valence-electron chi connectivity index (χ2n) is 3.79. The lowest BCUT2D eigenvalue weighted by atomic mass is 9.90. The van der Waals surface area contributed by atoms with E-state index in [1.54, 1.807) is 12.1 Å². The molecule has 2 atom stereocenters. The van der Waals surface area contributed by atoms with Crippen LogP contribution in [0.5, 0.6) is 0 Å². The lowest BCUT2D eigenvalue weighted by molar-refractivity contribution is 0.569. The van der Waals surface area contributed by atoms with Crippen LogP contribution in [0.4, 0.5) is 4.39 Å². The molecular weight excluding hydrogens is 165 g/mol. The van der Waals surface area contributed by atoms with Crippen LogP contribution in [0.1, 0.15) is 18.4 Å². The molecule has 0 bridgehead atoms. The number of halogens is 1. The molecule has 13 heavy (non-hydrogen) atoms. The summed E-state index contributed by atoms with van der Waals surface area (Å²) in [5.41, 5.74) is 1.25. The molecule has 1 nitrogen and oxygen atoms in total. The quantitative estimate of drug-likeness (QED) is 0.696. The molecule has 0 aromatic heterocycles. The maximum atomic E-state index is 12.7. The van der Waals surface area contributed by atoms with Crippen LogP contribution < -0.4 is 5.32 Å². The smallest absolute Gasteiger partial charge is 0.123 e. The normalized spacial score (nSPS) is 27.8. The first kappa shape index (κ1) is 8.70. The van der Waals surface area contributed by atoms with Gasteiger partial charge in [-0.05, 0) is 30.2 Å². The fraction of sp³-hybridized carbons (Fsp3) is 0.455. The maximum absolute atomic E-state index is 12.7. The number of benzene rings is 1. The summed E-state index contributed by atoms with van der Waals surface area (Å²) in [6.45, 7) is 4.32. The molecule has 70 valence electrons. The Balaban J connectivity index is 2.20. The Kier molecular flexibility index (Phi) is 2.32. The monoisotopic (exact) mass is 179 g/mol. The van der Waals surface area contributed by atoms with Crippen molar-refractivity contribution >= 4 is 0 Å². The van der Waals surface area contributed by atoms with Gasteiger partial charge in [-0.3, -0.25) is 0 Å². The lowest BCUT2D eigenvalue weighted by Gasteiger charge is -2.13. The van der Waals surface area contributed by atoms with Gasteiger partial charge in [-0.15, -0.1) is 0 Å². The van der Waals surface area contributed by atoms with E-state index in [4.69, 9.17) is 0 Å². The summed E-state index contributed by atoms with van der Waals surface area (Å²) >= 11 is 0. The van der Waals surface area contributed by atoms with Crippen molar-refractivity contribution in [3.8, 4) is 0 Å². The third-order valence-corrected chi connectivity index (χ3v) is 2.82. The van der Waals surface area contributed by atoms with Crippen LogP contribution in [0.3, 0.4) is 0 Å². The van der Waals surface area contributed by atoms with Crippen molar-refractivity contribution < 1.29 is 4.39 Å². The van der Waals surface area contributed by atoms with Crippen molar-refractivity contribution in [2.75, 3.05) is 13.1 Å². The van der Waals surface area contributed by atoms with Gasteiger partial charge in [-0.25, -0.2) is 4.39 Å². The van der Waals surface area contributed by atoms with Gasteiger partial charge in [-0.1, -0.05) is 19.1 Å². The molecule has 0 radical (unpaired) electrons. The predicted molar refractivity (Wildman–Crippen MR) is 51.2 cm³/mol. The molecule has 1 aliphatic rings. The Hall–Kier alpha value is -0.890. The largest absolute Gasteiger partial charge is 0.316 e. The van der Waals surface area contributed by atoms with E-state index in [-0.39, 0.29) is 5.82 Å². The molecule has 1 unspecified atom stereocenters. The molecule has 1 fully saturated rings. The zero-order valence-corrected chi connectivity index (χ0v) is 7.76. The third-order valence-electron chi connectivity index (χ3n) is 2.82. The van der Waals surface area contributed by atoms with Gasteiger partial charge in [-0.2, -0.15) is 0 Å². The fourth-order valence-electron chi connectivity index (χ4n) is 1.97. The molecule has 0 spiro atoms. The average Bonchev–Trinajstić information content (AvgIpc) is 2.53. The van der Waals surface area contributed by atoms with E-state index in [0.717, 1.165) is 13.1 Å². The van der Waals surface area contributed by atoms with Crippen molar-refractivity contribution in [2.24, 2.45) is 5.92 Å². The van der Waals surface area contributed by atoms with Crippen molar-refractivity contribution in [1.82, 2.24) is 5.32 Å². The summed E-state index contributed by atoms with van der Waals surface area (Å²) in [5.74, 6) is 1.06. The van der Waals surface area contributed by atoms with Gasteiger partial charge in [0.2, 0.25) is 0 Å². The first-order valence-electron chi connectivity index (χ1n) is 4.73. The van der Waals surface area contributed by atoms with Crippen LogP contribution in [0.15, 0.2) is 24.3 Å². The predicted octanol–water partition coefficient (Wildman–Crippen LogP) is 2.15. The minimum Gasteiger partial charge on any atom is -0.316 e. The summed E-state index contributed by atoms with van der Waals surface area (Å²) < 4.78 is 12.7. The van der Waals surface area contributed by atoms with Gasteiger partial charge in [0.1, 0.15) is 5.82 Å². The highest BCUT2D eigenvalue weighted by Crippen LogP contribution is 2.27. The van der Waals surface area contributed by atoms with E-state index in [1.165, 1.54) is 5.56 Å². The molecule has 1 aromatic carbocycles. The van der Waals surface area contributed by atoms with E-state index in [2.05, 4.69) is 12.2 Å². The molecule has 0 aliphatic carbocycles. The molecule has 0 amide bonds. The average molecular weight is 179 g/mol. The summed E-state index contributed by atoms with van der Waals surface area (Å²) in [6, 6.07) is 6.87. The van der Waals surface area contributed by atoms with Gasteiger partial charge in [0, 0.05) is 12.5 Å². The van der Waals surface area contributed by atoms with Crippen molar-refractivity contribution in [2.45, 2.75) is 12.8 Å². The van der Waals surface area contributed by atoms with Gasteiger partial charge < -0.3 is 5.32 Å². The highest BCUT2D eigenvalue weighted by molar-refractivity contribution is 5.22. The van der Waals surface area contributed by atoms with Gasteiger partial charge in [0.15, 0.2) is 0 Å². The Morgan fingerprint density at radius 3 is 2.46 bits per heavy atom. The third kappa shape index (κ3) is 1.73. The van der Waals surface area contributed by atoms with Crippen LogP contribution in [0, 0.1) is 11.7 Å². The van der Waals surface area contributed by atoms with Gasteiger partial charge in [0.05, 0.1) is 0 Å². The van der Waals surface area contributed by atoms with Crippen LogP contribution >= 0.6 is 0 Å². The number of hydrogen-bond donors (Lipinski definition) is 1. The van der Waals surface area contributed by atoms with E-state index >= 15 is 0 Å². The molecule has 1 saturated heterocycles. The molecule has 1 heterocycles. The fourth-order valence-corrected chi connectivity index (χ4v) is 1.97. The number of rotatable bonds is 1. The highest BCUT2D eigenvalue weighted by atomic mass is 19.1. The molecule has 1 aromatic rings. The highest BCUT2D eigenvalue weighted by Gasteiger charge is 2.24. The zero-order valence-electron chi connectivity index (χ0n) is 7.76. The van der Waals surface area contributed by atoms with Gasteiger partial charge in [0.25, 0.3) is 0 Å². The van der Waals surface area contributed by atoms with Crippen LogP contribution in [-0.2, 0) is 0 Å². The first-order valence-corrected chi connectivity index (χ1v) is 4.73. The molecule has 1 N–H and O–H groups in total. The van der Waals surface area contributed by atoms with Crippen LogP contribution in [0.2, 0.25) is 0 Å². The summed E-state index contributed by atoms with van der Waals surface area (Å²) in [4.78, 5) is 0. The van der Waals surface area contributed by atoms with E-state index in [1.807, 2.05) is 12.1 Å². The summed E-state index contributed by atoms with van der Waals surface area (Å²) in [5, 5.41) is 3.34. The second-order valence-corrected chi connectivity index (χ2v) is 3.79. The van der Waals surface area contributed by atoms with Crippen molar-refractivity contribution in [3.63, 3.8) is 0 Å².